The number of hydrogen-bond donors (Lipinski definition) is 0. The summed E-state index contributed by atoms with van der Waals surface area (Å²) in [5, 5.41) is 0. The average molecular weight is 207 g/mol. The topological polar surface area (TPSA) is 12.9 Å². The van der Waals surface area contributed by atoms with Crippen LogP contribution in [-0.2, 0) is 0 Å². The van der Waals surface area contributed by atoms with Crippen LogP contribution in [0.2, 0.25) is 0 Å². The summed E-state index contributed by atoms with van der Waals surface area (Å²) in [7, 11) is 0. The molecule has 0 aliphatic heterocycles. The molecule has 0 N–H and O–H groups in total. The maximum absolute atomic E-state index is 4.24. The van der Waals surface area contributed by atoms with Gasteiger partial charge in [0.1, 0.15) is 0 Å². The SMILES string of the molecule is C=C(C=Cc1ccccc1)c1ccccn1. The van der Waals surface area contributed by atoms with Gasteiger partial charge in [-0.25, -0.2) is 0 Å². The van der Waals surface area contributed by atoms with Crippen LogP contribution in [0.5, 0.6) is 0 Å². The molecular formula is C15H13N. The molecule has 0 saturated carbocycles. The molecule has 78 valence electrons. The van der Waals surface area contributed by atoms with Crippen molar-refractivity contribution in [3.8, 4) is 0 Å². The molecule has 2 aromatic rings. The van der Waals surface area contributed by atoms with E-state index in [1.165, 1.54) is 5.56 Å². The normalized spacial score (nSPS) is 10.5. The quantitative estimate of drug-likeness (QED) is 0.697. The molecule has 0 spiro atoms. The zero-order chi connectivity index (χ0) is 11.2. The lowest BCUT2D eigenvalue weighted by Gasteiger charge is -1.98. The summed E-state index contributed by atoms with van der Waals surface area (Å²) in [6.07, 6.45) is 5.80. The first-order chi connectivity index (χ1) is 7.86. The Morgan fingerprint density at radius 1 is 1.00 bits per heavy atom. The number of benzene rings is 1. The van der Waals surface area contributed by atoms with E-state index >= 15 is 0 Å². The smallest absolute Gasteiger partial charge is 0.0695 e. The second-order valence-electron chi connectivity index (χ2n) is 3.48. The number of allylic oxidation sites excluding steroid dienone is 2. The summed E-state index contributed by atoms with van der Waals surface area (Å²) in [6.45, 7) is 3.99. The molecular weight excluding hydrogens is 194 g/mol. The van der Waals surface area contributed by atoms with Crippen LogP contribution >= 0.6 is 0 Å². The third kappa shape index (κ3) is 2.67. The van der Waals surface area contributed by atoms with Crippen LogP contribution in [0.15, 0.2) is 67.4 Å². The summed E-state index contributed by atoms with van der Waals surface area (Å²) in [5.41, 5.74) is 3.00. The van der Waals surface area contributed by atoms with Crippen molar-refractivity contribution in [2.75, 3.05) is 0 Å². The van der Waals surface area contributed by atoms with Gasteiger partial charge in [0.05, 0.1) is 5.69 Å². The fourth-order valence-electron chi connectivity index (χ4n) is 1.40. The van der Waals surface area contributed by atoms with Crippen molar-refractivity contribution < 1.29 is 0 Å². The van der Waals surface area contributed by atoms with Gasteiger partial charge in [0.2, 0.25) is 0 Å². The van der Waals surface area contributed by atoms with Gasteiger partial charge in [0, 0.05) is 6.20 Å². The van der Waals surface area contributed by atoms with Crippen molar-refractivity contribution in [2.24, 2.45) is 0 Å². The van der Waals surface area contributed by atoms with Crippen LogP contribution in [0.4, 0.5) is 0 Å². The minimum Gasteiger partial charge on any atom is -0.256 e. The highest BCUT2D eigenvalue weighted by Gasteiger charge is 1.93. The van der Waals surface area contributed by atoms with E-state index in [1.807, 2.05) is 48.6 Å². The lowest BCUT2D eigenvalue weighted by atomic mass is 10.1. The molecule has 1 heteroatoms. The summed E-state index contributed by atoms with van der Waals surface area (Å²) in [5.74, 6) is 0. The first kappa shape index (κ1) is 10.4. The predicted octanol–water partition coefficient (Wildman–Crippen LogP) is 3.81. The molecule has 16 heavy (non-hydrogen) atoms. The van der Waals surface area contributed by atoms with Gasteiger partial charge in [-0.2, -0.15) is 0 Å². The van der Waals surface area contributed by atoms with Crippen molar-refractivity contribution in [1.82, 2.24) is 4.98 Å². The number of pyridine rings is 1. The molecule has 1 nitrogen and oxygen atoms in total. The maximum atomic E-state index is 4.24. The van der Waals surface area contributed by atoms with Crippen LogP contribution in [0.25, 0.3) is 11.6 Å². The lowest BCUT2D eigenvalue weighted by molar-refractivity contribution is 1.28. The zero-order valence-corrected chi connectivity index (χ0v) is 9.01. The Morgan fingerprint density at radius 3 is 2.44 bits per heavy atom. The minimum atomic E-state index is 0.912. The van der Waals surface area contributed by atoms with Crippen LogP contribution < -0.4 is 0 Å². The van der Waals surface area contributed by atoms with Gasteiger partial charge in [-0.05, 0) is 23.3 Å². The van der Waals surface area contributed by atoms with E-state index < -0.39 is 0 Å². The Balaban J connectivity index is 2.12. The van der Waals surface area contributed by atoms with Crippen molar-refractivity contribution in [1.29, 1.82) is 0 Å². The fourth-order valence-corrected chi connectivity index (χ4v) is 1.40. The van der Waals surface area contributed by atoms with E-state index in [0.717, 1.165) is 11.3 Å². The summed E-state index contributed by atoms with van der Waals surface area (Å²) < 4.78 is 0. The molecule has 1 aromatic carbocycles. The molecule has 0 saturated heterocycles. The third-order valence-corrected chi connectivity index (χ3v) is 2.27. The largest absolute Gasteiger partial charge is 0.256 e. The van der Waals surface area contributed by atoms with Crippen molar-refractivity contribution >= 4 is 11.6 Å². The van der Waals surface area contributed by atoms with Crippen LogP contribution in [-0.4, -0.2) is 4.98 Å². The first-order valence-electron chi connectivity index (χ1n) is 5.20. The molecule has 0 unspecified atom stereocenters. The Morgan fingerprint density at radius 2 is 1.75 bits per heavy atom. The predicted molar refractivity (Wildman–Crippen MR) is 68.7 cm³/mol. The second-order valence-corrected chi connectivity index (χ2v) is 3.48. The van der Waals surface area contributed by atoms with Gasteiger partial charge in [-0.1, -0.05) is 55.1 Å². The molecule has 0 aliphatic rings. The van der Waals surface area contributed by atoms with E-state index in [2.05, 4.69) is 23.7 Å². The standard InChI is InChI=1S/C15H13N/c1-13(15-9-5-6-12-16-15)10-11-14-7-3-2-4-8-14/h2-12H,1H2. The highest BCUT2D eigenvalue weighted by atomic mass is 14.7. The molecule has 0 aliphatic carbocycles. The Kier molecular flexibility index (Phi) is 3.29. The molecule has 1 heterocycles. The van der Waals surface area contributed by atoms with Crippen LogP contribution in [0, 0.1) is 0 Å². The molecule has 0 atom stereocenters. The summed E-state index contributed by atoms with van der Waals surface area (Å²) in [4.78, 5) is 4.24. The van der Waals surface area contributed by atoms with E-state index in [-0.39, 0.29) is 0 Å². The van der Waals surface area contributed by atoms with E-state index in [1.54, 1.807) is 6.20 Å². The monoisotopic (exact) mass is 207 g/mol. The summed E-state index contributed by atoms with van der Waals surface area (Å²) in [6, 6.07) is 16.0. The van der Waals surface area contributed by atoms with Gasteiger partial charge in [-0.3, -0.25) is 4.98 Å². The number of aromatic nitrogens is 1. The zero-order valence-electron chi connectivity index (χ0n) is 9.01. The average Bonchev–Trinajstić information content (AvgIpc) is 2.38. The molecule has 0 amide bonds. The number of hydrogen-bond acceptors (Lipinski definition) is 1. The van der Waals surface area contributed by atoms with Gasteiger partial charge in [-0.15, -0.1) is 0 Å². The highest BCUT2D eigenvalue weighted by molar-refractivity contribution is 5.75. The maximum Gasteiger partial charge on any atom is 0.0695 e. The Labute approximate surface area is 95.8 Å². The number of nitrogens with zero attached hydrogens (tertiary/aromatic N) is 1. The van der Waals surface area contributed by atoms with Crippen LogP contribution in [0.3, 0.4) is 0 Å². The van der Waals surface area contributed by atoms with Gasteiger partial charge in [0.25, 0.3) is 0 Å². The second kappa shape index (κ2) is 5.08. The Bertz CT molecular complexity index is 483. The summed E-state index contributed by atoms with van der Waals surface area (Å²) >= 11 is 0. The molecule has 1 aromatic heterocycles. The van der Waals surface area contributed by atoms with Crippen molar-refractivity contribution in [3.05, 3.63) is 78.6 Å². The molecule has 0 radical (unpaired) electrons. The minimum absolute atomic E-state index is 0.912. The van der Waals surface area contributed by atoms with E-state index in [9.17, 15) is 0 Å². The number of rotatable bonds is 3. The van der Waals surface area contributed by atoms with E-state index in [0.29, 0.717) is 0 Å². The Hall–Kier alpha value is -2.15. The third-order valence-electron chi connectivity index (χ3n) is 2.27. The fraction of sp³-hybridized carbons (Fsp3) is 0. The van der Waals surface area contributed by atoms with E-state index in [4.69, 9.17) is 0 Å². The van der Waals surface area contributed by atoms with Crippen molar-refractivity contribution in [2.45, 2.75) is 0 Å². The van der Waals surface area contributed by atoms with Crippen molar-refractivity contribution in [3.63, 3.8) is 0 Å². The first-order valence-corrected chi connectivity index (χ1v) is 5.20. The van der Waals surface area contributed by atoms with Gasteiger partial charge >= 0.3 is 0 Å². The molecule has 2 rings (SSSR count). The molecule has 0 bridgehead atoms. The highest BCUT2D eigenvalue weighted by Crippen LogP contribution is 2.12. The van der Waals surface area contributed by atoms with Gasteiger partial charge < -0.3 is 0 Å². The van der Waals surface area contributed by atoms with Gasteiger partial charge in [0.15, 0.2) is 0 Å². The lowest BCUT2D eigenvalue weighted by Crippen LogP contribution is -1.82. The van der Waals surface area contributed by atoms with Crippen LogP contribution in [0.1, 0.15) is 11.3 Å². The molecule has 0 fully saturated rings.